The maximum atomic E-state index is 6.27. The second-order valence-electron chi connectivity index (χ2n) is 5.34. The Morgan fingerprint density at radius 2 is 1.88 bits per heavy atom. The summed E-state index contributed by atoms with van der Waals surface area (Å²) in [6.45, 7) is 9.69. The standard InChI is InChI=1S/C14H21Cl2N/c1-10(2)17-9-8-14(3,4)11-6-5-7-12(15)13(11)16/h5-7,10,17H,8-9H2,1-4H3. The zero-order valence-corrected chi connectivity index (χ0v) is 12.5. The van der Waals surface area contributed by atoms with Crippen molar-refractivity contribution in [1.82, 2.24) is 5.32 Å². The van der Waals surface area contributed by atoms with Gasteiger partial charge in [0.1, 0.15) is 0 Å². The summed E-state index contributed by atoms with van der Waals surface area (Å²) in [4.78, 5) is 0. The number of rotatable bonds is 5. The second kappa shape index (κ2) is 6.08. The van der Waals surface area contributed by atoms with Crippen LogP contribution in [0.3, 0.4) is 0 Å². The zero-order valence-electron chi connectivity index (χ0n) is 11.0. The second-order valence-corrected chi connectivity index (χ2v) is 6.13. The Morgan fingerprint density at radius 3 is 2.47 bits per heavy atom. The van der Waals surface area contributed by atoms with Gasteiger partial charge in [-0.2, -0.15) is 0 Å². The SMILES string of the molecule is CC(C)NCCC(C)(C)c1cccc(Cl)c1Cl. The zero-order chi connectivity index (χ0) is 13.1. The monoisotopic (exact) mass is 273 g/mol. The largest absolute Gasteiger partial charge is 0.315 e. The van der Waals surface area contributed by atoms with Gasteiger partial charge in [-0.3, -0.25) is 0 Å². The average molecular weight is 274 g/mol. The van der Waals surface area contributed by atoms with E-state index in [9.17, 15) is 0 Å². The molecule has 0 saturated carbocycles. The molecule has 1 N–H and O–H groups in total. The van der Waals surface area contributed by atoms with Crippen LogP contribution in [0.25, 0.3) is 0 Å². The number of halogens is 2. The Hall–Kier alpha value is -0.240. The molecule has 1 aromatic carbocycles. The minimum atomic E-state index is 0.0316. The summed E-state index contributed by atoms with van der Waals surface area (Å²) in [6.07, 6.45) is 1.03. The lowest BCUT2D eigenvalue weighted by Crippen LogP contribution is -2.29. The summed E-state index contributed by atoms with van der Waals surface area (Å²) in [5.41, 5.74) is 1.15. The molecule has 96 valence electrons. The van der Waals surface area contributed by atoms with E-state index in [1.54, 1.807) is 0 Å². The Labute approximate surface area is 115 Å². The highest BCUT2D eigenvalue weighted by molar-refractivity contribution is 6.42. The molecule has 3 heteroatoms. The van der Waals surface area contributed by atoms with E-state index in [1.165, 1.54) is 0 Å². The molecule has 0 fully saturated rings. The van der Waals surface area contributed by atoms with Crippen molar-refractivity contribution in [1.29, 1.82) is 0 Å². The summed E-state index contributed by atoms with van der Waals surface area (Å²) in [5.74, 6) is 0. The first kappa shape index (κ1) is 14.8. The molecule has 0 aliphatic rings. The molecule has 1 nitrogen and oxygen atoms in total. The number of hydrogen-bond acceptors (Lipinski definition) is 1. The molecule has 17 heavy (non-hydrogen) atoms. The van der Waals surface area contributed by atoms with Gasteiger partial charge in [0.25, 0.3) is 0 Å². The van der Waals surface area contributed by atoms with Gasteiger partial charge in [0.2, 0.25) is 0 Å². The molecule has 0 spiro atoms. The van der Waals surface area contributed by atoms with Crippen LogP contribution in [0.1, 0.15) is 39.7 Å². The molecule has 0 saturated heterocycles. The first-order valence-corrected chi connectivity index (χ1v) is 6.78. The van der Waals surface area contributed by atoms with E-state index in [4.69, 9.17) is 23.2 Å². The van der Waals surface area contributed by atoms with Gasteiger partial charge < -0.3 is 5.32 Å². The topological polar surface area (TPSA) is 12.0 Å². The highest BCUT2D eigenvalue weighted by Crippen LogP contribution is 2.36. The highest BCUT2D eigenvalue weighted by Gasteiger charge is 2.23. The summed E-state index contributed by atoms with van der Waals surface area (Å²) in [6, 6.07) is 6.36. The quantitative estimate of drug-likeness (QED) is 0.823. The lowest BCUT2D eigenvalue weighted by molar-refractivity contribution is 0.441. The van der Waals surface area contributed by atoms with E-state index in [0.717, 1.165) is 18.5 Å². The van der Waals surface area contributed by atoms with Crippen LogP contribution >= 0.6 is 23.2 Å². The van der Waals surface area contributed by atoms with Crippen molar-refractivity contribution in [3.05, 3.63) is 33.8 Å². The minimum absolute atomic E-state index is 0.0316. The average Bonchev–Trinajstić information content (AvgIpc) is 2.21. The van der Waals surface area contributed by atoms with E-state index in [-0.39, 0.29) is 5.41 Å². The number of benzene rings is 1. The van der Waals surface area contributed by atoms with Crippen LogP contribution in [0.2, 0.25) is 10.0 Å². The minimum Gasteiger partial charge on any atom is -0.315 e. The summed E-state index contributed by atoms with van der Waals surface area (Å²) < 4.78 is 0. The first-order chi connectivity index (χ1) is 7.84. The molecule has 0 unspecified atom stereocenters. The van der Waals surface area contributed by atoms with Crippen LogP contribution in [-0.2, 0) is 5.41 Å². The Bertz CT molecular complexity index is 372. The number of hydrogen-bond donors (Lipinski definition) is 1. The van der Waals surface area contributed by atoms with E-state index >= 15 is 0 Å². The molecular weight excluding hydrogens is 253 g/mol. The lowest BCUT2D eigenvalue weighted by atomic mass is 9.81. The van der Waals surface area contributed by atoms with Crippen molar-refractivity contribution in [2.45, 2.75) is 45.6 Å². The Morgan fingerprint density at radius 1 is 1.24 bits per heavy atom. The molecule has 0 bridgehead atoms. The fourth-order valence-corrected chi connectivity index (χ4v) is 2.39. The third-order valence-corrected chi connectivity index (χ3v) is 3.80. The van der Waals surface area contributed by atoms with Crippen LogP contribution < -0.4 is 5.32 Å². The van der Waals surface area contributed by atoms with Crippen LogP contribution in [0.4, 0.5) is 0 Å². The van der Waals surface area contributed by atoms with Crippen LogP contribution in [-0.4, -0.2) is 12.6 Å². The van der Waals surface area contributed by atoms with Gasteiger partial charge in [0.15, 0.2) is 0 Å². The molecule has 0 aromatic heterocycles. The molecule has 0 aliphatic heterocycles. The molecule has 0 aliphatic carbocycles. The van der Waals surface area contributed by atoms with Crippen molar-refractivity contribution in [3.8, 4) is 0 Å². The summed E-state index contributed by atoms with van der Waals surface area (Å²) in [7, 11) is 0. The van der Waals surface area contributed by atoms with Gasteiger partial charge in [-0.05, 0) is 30.0 Å². The lowest BCUT2D eigenvalue weighted by Gasteiger charge is -2.27. The fraction of sp³-hybridized carbons (Fsp3) is 0.571. The van der Waals surface area contributed by atoms with E-state index in [1.807, 2.05) is 12.1 Å². The third kappa shape index (κ3) is 4.17. The predicted octanol–water partition coefficient (Wildman–Crippen LogP) is 4.66. The van der Waals surface area contributed by atoms with Gasteiger partial charge in [-0.15, -0.1) is 0 Å². The van der Waals surface area contributed by atoms with Gasteiger partial charge in [-0.1, -0.05) is 63.0 Å². The summed E-state index contributed by atoms with van der Waals surface area (Å²) >= 11 is 12.3. The van der Waals surface area contributed by atoms with Gasteiger partial charge >= 0.3 is 0 Å². The molecule has 1 aromatic rings. The summed E-state index contributed by atoms with van der Waals surface area (Å²) in [5, 5.41) is 4.75. The maximum absolute atomic E-state index is 6.27. The molecular formula is C14H21Cl2N. The van der Waals surface area contributed by atoms with Crippen molar-refractivity contribution >= 4 is 23.2 Å². The Kier molecular flexibility index (Phi) is 5.30. The van der Waals surface area contributed by atoms with Crippen molar-refractivity contribution in [2.24, 2.45) is 0 Å². The molecule has 0 amide bonds. The molecule has 0 heterocycles. The van der Waals surface area contributed by atoms with Crippen molar-refractivity contribution < 1.29 is 0 Å². The Balaban J connectivity index is 2.78. The van der Waals surface area contributed by atoms with Crippen molar-refractivity contribution in [3.63, 3.8) is 0 Å². The van der Waals surface area contributed by atoms with Crippen LogP contribution in [0.15, 0.2) is 18.2 Å². The molecule has 0 atom stereocenters. The van der Waals surface area contributed by atoms with E-state index in [0.29, 0.717) is 16.1 Å². The molecule has 1 rings (SSSR count). The van der Waals surface area contributed by atoms with Gasteiger partial charge in [0, 0.05) is 6.04 Å². The van der Waals surface area contributed by atoms with E-state index < -0.39 is 0 Å². The fourth-order valence-electron chi connectivity index (χ4n) is 1.83. The third-order valence-electron chi connectivity index (χ3n) is 2.98. The number of nitrogens with one attached hydrogen (secondary N) is 1. The smallest absolute Gasteiger partial charge is 0.0629 e. The normalized spacial score (nSPS) is 12.2. The van der Waals surface area contributed by atoms with Crippen LogP contribution in [0, 0.1) is 0 Å². The maximum Gasteiger partial charge on any atom is 0.0629 e. The van der Waals surface area contributed by atoms with Gasteiger partial charge in [-0.25, -0.2) is 0 Å². The predicted molar refractivity (Wildman–Crippen MR) is 77.2 cm³/mol. The van der Waals surface area contributed by atoms with Crippen molar-refractivity contribution in [2.75, 3.05) is 6.54 Å². The molecule has 0 radical (unpaired) electrons. The first-order valence-electron chi connectivity index (χ1n) is 6.02. The van der Waals surface area contributed by atoms with E-state index in [2.05, 4.69) is 39.1 Å². The highest BCUT2D eigenvalue weighted by atomic mass is 35.5. The van der Waals surface area contributed by atoms with Gasteiger partial charge in [0.05, 0.1) is 10.0 Å². The van der Waals surface area contributed by atoms with Crippen LogP contribution in [0.5, 0.6) is 0 Å².